The monoisotopic (exact) mass is 339 g/mol. The van der Waals surface area contributed by atoms with Gasteiger partial charge in [-0.1, -0.05) is 23.9 Å². The van der Waals surface area contributed by atoms with Crippen LogP contribution in [-0.4, -0.2) is 38.3 Å². The smallest absolute Gasteiger partial charge is 0.119 e. The summed E-state index contributed by atoms with van der Waals surface area (Å²) in [6, 6.07) is 14.8. The number of methoxy groups -OCH3 is 1. The Balaban J connectivity index is 1.68. The van der Waals surface area contributed by atoms with Crippen molar-refractivity contribution in [3.8, 4) is 5.75 Å². The number of nitrogens with zero attached hydrogens (tertiary/aromatic N) is 1. The van der Waals surface area contributed by atoms with Crippen LogP contribution in [0.5, 0.6) is 5.75 Å². The zero-order valence-corrected chi connectivity index (χ0v) is 14.5. The second kappa shape index (κ2) is 6.79. The van der Waals surface area contributed by atoms with E-state index in [-0.39, 0.29) is 0 Å². The molecule has 0 atom stereocenters. The average molecular weight is 339 g/mol. The second-order valence-electron chi connectivity index (χ2n) is 5.87. The number of piperazine rings is 1. The first-order valence-electron chi connectivity index (χ1n) is 8.23. The Morgan fingerprint density at radius 2 is 1.88 bits per heavy atom. The number of hydrogen-bond acceptors (Lipinski definition) is 4. The van der Waals surface area contributed by atoms with Crippen LogP contribution in [0.3, 0.4) is 0 Å². The van der Waals surface area contributed by atoms with Gasteiger partial charge >= 0.3 is 0 Å². The first-order chi connectivity index (χ1) is 11.8. The molecule has 1 aliphatic rings. The minimum atomic E-state index is 0.888. The summed E-state index contributed by atoms with van der Waals surface area (Å²) in [6.07, 6.45) is 2.09. The molecule has 4 rings (SSSR count). The summed E-state index contributed by atoms with van der Waals surface area (Å²) in [5.74, 6) is 0.888. The summed E-state index contributed by atoms with van der Waals surface area (Å²) in [6.45, 7) is 4.20. The molecule has 2 N–H and O–H groups in total. The second-order valence-corrected chi connectivity index (χ2v) is 6.96. The predicted molar refractivity (Wildman–Crippen MR) is 100 cm³/mol. The quantitative estimate of drug-likeness (QED) is 0.760. The number of aromatic amines is 1. The number of nitrogens with one attached hydrogen (secondary N) is 2. The Bertz CT molecular complexity index is 839. The molecule has 0 aliphatic carbocycles. The van der Waals surface area contributed by atoms with Gasteiger partial charge in [0.25, 0.3) is 0 Å². The number of para-hydroxylation sites is 1. The first-order valence-corrected chi connectivity index (χ1v) is 9.04. The molecule has 1 fully saturated rings. The molecule has 0 radical (unpaired) electrons. The van der Waals surface area contributed by atoms with Gasteiger partial charge in [0, 0.05) is 53.1 Å². The van der Waals surface area contributed by atoms with E-state index in [2.05, 4.69) is 57.8 Å². The van der Waals surface area contributed by atoms with E-state index >= 15 is 0 Å². The molecule has 1 saturated heterocycles. The summed E-state index contributed by atoms with van der Waals surface area (Å²) >= 11 is 1.81. The molecule has 124 valence electrons. The van der Waals surface area contributed by atoms with Gasteiger partial charge in [-0.15, -0.1) is 0 Å². The fraction of sp³-hybridized carbons (Fsp3) is 0.263. The van der Waals surface area contributed by atoms with Crippen LogP contribution >= 0.6 is 11.8 Å². The maximum Gasteiger partial charge on any atom is 0.119 e. The lowest BCUT2D eigenvalue weighted by atomic mass is 10.2. The number of ether oxygens (including phenoxy) is 1. The van der Waals surface area contributed by atoms with Gasteiger partial charge in [0.1, 0.15) is 5.75 Å². The molecule has 2 heterocycles. The van der Waals surface area contributed by atoms with Crippen LogP contribution in [0.2, 0.25) is 0 Å². The van der Waals surface area contributed by atoms with Crippen LogP contribution in [0.4, 0.5) is 5.69 Å². The van der Waals surface area contributed by atoms with Crippen molar-refractivity contribution in [2.75, 3.05) is 38.2 Å². The van der Waals surface area contributed by atoms with Gasteiger partial charge in [-0.25, -0.2) is 0 Å². The van der Waals surface area contributed by atoms with Gasteiger partial charge < -0.3 is 19.9 Å². The van der Waals surface area contributed by atoms with Crippen LogP contribution in [0.1, 0.15) is 0 Å². The van der Waals surface area contributed by atoms with Gasteiger partial charge in [-0.3, -0.25) is 0 Å². The van der Waals surface area contributed by atoms with Crippen LogP contribution in [0, 0.1) is 0 Å². The highest BCUT2D eigenvalue weighted by Gasteiger charge is 2.15. The third-order valence-corrected chi connectivity index (χ3v) is 5.52. The Morgan fingerprint density at radius 1 is 1.04 bits per heavy atom. The van der Waals surface area contributed by atoms with Crippen molar-refractivity contribution in [2.45, 2.75) is 9.79 Å². The van der Waals surface area contributed by atoms with Gasteiger partial charge in [0.15, 0.2) is 0 Å². The van der Waals surface area contributed by atoms with Crippen molar-refractivity contribution in [3.63, 3.8) is 0 Å². The average Bonchev–Trinajstić information content (AvgIpc) is 3.05. The topological polar surface area (TPSA) is 40.3 Å². The van der Waals surface area contributed by atoms with Crippen LogP contribution in [-0.2, 0) is 0 Å². The number of anilines is 1. The molecule has 0 saturated carbocycles. The van der Waals surface area contributed by atoms with Crippen molar-refractivity contribution in [2.24, 2.45) is 0 Å². The highest BCUT2D eigenvalue weighted by atomic mass is 32.2. The molecule has 0 unspecified atom stereocenters. The third-order valence-electron chi connectivity index (χ3n) is 4.39. The Labute approximate surface area is 146 Å². The standard InChI is InChI=1S/C19H21N3OS/c1-23-14-6-7-16-15(12-14)19(13-21-16)24-18-5-3-2-4-17(18)22-10-8-20-9-11-22/h2-7,12-13,20-21H,8-11H2,1H3. The van der Waals surface area contributed by atoms with Crippen LogP contribution in [0.15, 0.2) is 58.5 Å². The lowest BCUT2D eigenvalue weighted by Crippen LogP contribution is -2.43. The molecule has 1 aromatic heterocycles. The van der Waals surface area contributed by atoms with E-state index in [4.69, 9.17) is 4.74 Å². The van der Waals surface area contributed by atoms with Crippen LogP contribution < -0.4 is 15.0 Å². The van der Waals surface area contributed by atoms with Crippen molar-refractivity contribution < 1.29 is 4.74 Å². The zero-order chi connectivity index (χ0) is 16.4. The van der Waals surface area contributed by atoms with E-state index < -0.39 is 0 Å². The summed E-state index contributed by atoms with van der Waals surface area (Å²) < 4.78 is 5.38. The number of rotatable bonds is 4. The van der Waals surface area contributed by atoms with E-state index in [9.17, 15) is 0 Å². The van der Waals surface area contributed by atoms with Gasteiger partial charge in [0.05, 0.1) is 12.8 Å². The molecular formula is C19H21N3OS. The summed E-state index contributed by atoms with van der Waals surface area (Å²) in [5, 5.41) is 4.62. The van der Waals surface area contributed by atoms with Gasteiger partial charge in [0.2, 0.25) is 0 Å². The molecule has 2 aromatic carbocycles. The predicted octanol–water partition coefficient (Wildman–Crippen LogP) is 3.74. The SMILES string of the molecule is COc1ccc2[nH]cc(Sc3ccccc3N3CCNCC3)c2c1. The third kappa shape index (κ3) is 2.97. The number of hydrogen-bond donors (Lipinski definition) is 2. The number of aromatic nitrogens is 1. The Hall–Kier alpha value is -2.11. The Kier molecular flexibility index (Phi) is 4.36. The minimum Gasteiger partial charge on any atom is -0.497 e. The van der Waals surface area contributed by atoms with Crippen LogP contribution in [0.25, 0.3) is 10.9 Å². The van der Waals surface area contributed by atoms with E-state index in [0.717, 1.165) is 37.4 Å². The lowest BCUT2D eigenvalue weighted by molar-refractivity contribution is 0.415. The molecule has 24 heavy (non-hydrogen) atoms. The van der Waals surface area contributed by atoms with Gasteiger partial charge in [-0.2, -0.15) is 0 Å². The molecule has 0 bridgehead atoms. The van der Waals surface area contributed by atoms with Gasteiger partial charge in [-0.05, 0) is 30.3 Å². The highest BCUT2D eigenvalue weighted by molar-refractivity contribution is 7.99. The summed E-state index contributed by atoms with van der Waals surface area (Å²) in [5.41, 5.74) is 2.46. The first kappa shape index (κ1) is 15.4. The normalized spacial score (nSPS) is 15.0. The largest absolute Gasteiger partial charge is 0.497 e. The number of benzene rings is 2. The van der Waals surface area contributed by atoms with Crippen molar-refractivity contribution in [1.29, 1.82) is 0 Å². The maximum absolute atomic E-state index is 5.38. The van der Waals surface area contributed by atoms with Crippen molar-refractivity contribution in [1.82, 2.24) is 10.3 Å². The lowest BCUT2D eigenvalue weighted by Gasteiger charge is -2.30. The molecule has 3 aromatic rings. The summed E-state index contributed by atoms with van der Waals surface area (Å²) in [7, 11) is 1.71. The van der Waals surface area contributed by atoms with E-state index in [1.165, 1.54) is 20.9 Å². The molecule has 4 nitrogen and oxygen atoms in total. The zero-order valence-electron chi connectivity index (χ0n) is 13.7. The minimum absolute atomic E-state index is 0.888. The van der Waals surface area contributed by atoms with E-state index in [1.54, 1.807) is 7.11 Å². The van der Waals surface area contributed by atoms with E-state index in [0.29, 0.717) is 0 Å². The fourth-order valence-corrected chi connectivity index (χ4v) is 4.20. The highest BCUT2D eigenvalue weighted by Crippen LogP contribution is 2.39. The molecule has 1 aliphatic heterocycles. The maximum atomic E-state index is 5.38. The summed E-state index contributed by atoms with van der Waals surface area (Å²) in [4.78, 5) is 8.35. The number of fused-ring (bicyclic) bond motifs is 1. The fourth-order valence-electron chi connectivity index (χ4n) is 3.11. The van der Waals surface area contributed by atoms with Crippen molar-refractivity contribution in [3.05, 3.63) is 48.7 Å². The number of H-pyrrole nitrogens is 1. The molecule has 0 amide bonds. The molecule has 0 spiro atoms. The Morgan fingerprint density at radius 3 is 2.71 bits per heavy atom. The molecular weight excluding hydrogens is 318 g/mol. The molecule has 5 heteroatoms. The van der Waals surface area contributed by atoms with Crippen molar-refractivity contribution >= 4 is 28.4 Å². The van der Waals surface area contributed by atoms with E-state index in [1.807, 2.05) is 17.8 Å².